The monoisotopic (exact) mass is 275 g/mol. The molecule has 1 aromatic heterocycles. The molecule has 108 valence electrons. The first-order chi connectivity index (χ1) is 9.69. The van der Waals surface area contributed by atoms with E-state index < -0.39 is 0 Å². The summed E-state index contributed by atoms with van der Waals surface area (Å²) >= 11 is 0. The maximum absolute atomic E-state index is 6.18. The van der Waals surface area contributed by atoms with Gasteiger partial charge >= 0.3 is 0 Å². The zero-order valence-corrected chi connectivity index (χ0v) is 12.2. The maximum atomic E-state index is 6.18. The number of nitrogen functional groups attached to an aromatic ring is 1. The van der Waals surface area contributed by atoms with E-state index in [0.717, 1.165) is 42.1 Å². The number of hydrogen-bond donors (Lipinski definition) is 1. The third kappa shape index (κ3) is 2.87. The van der Waals surface area contributed by atoms with Crippen LogP contribution in [0.15, 0.2) is 24.5 Å². The molecule has 0 aliphatic rings. The van der Waals surface area contributed by atoms with Crippen molar-refractivity contribution in [1.82, 2.24) is 9.55 Å². The number of anilines is 1. The molecule has 1 heterocycles. The summed E-state index contributed by atoms with van der Waals surface area (Å²) < 4.78 is 12.5. The minimum atomic E-state index is 0.675. The summed E-state index contributed by atoms with van der Waals surface area (Å²) in [6.07, 6.45) is 3.99. The number of methoxy groups -OCH3 is 2. The van der Waals surface area contributed by atoms with Gasteiger partial charge in [-0.25, -0.2) is 4.98 Å². The number of aromatic nitrogens is 2. The largest absolute Gasteiger partial charge is 0.497 e. The molecule has 5 nitrogen and oxygen atoms in total. The fourth-order valence-corrected chi connectivity index (χ4v) is 2.07. The Bertz CT molecular complexity index is 556. The lowest BCUT2D eigenvalue weighted by atomic mass is 10.1. The average Bonchev–Trinajstić information content (AvgIpc) is 2.85. The van der Waals surface area contributed by atoms with Gasteiger partial charge in [0.05, 0.1) is 20.5 Å². The number of imidazole rings is 1. The van der Waals surface area contributed by atoms with Gasteiger partial charge in [0, 0.05) is 18.2 Å². The molecule has 2 N–H and O–H groups in total. The third-order valence-electron chi connectivity index (χ3n) is 3.26. The van der Waals surface area contributed by atoms with Gasteiger partial charge in [0.15, 0.2) is 0 Å². The van der Waals surface area contributed by atoms with E-state index in [2.05, 4.69) is 11.9 Å². The fourth-order valence-electron chi connectivity index (χ4n) is 2.07. The van der Waals surface area contributed by atoms with Crippen LogP contribution in [0.5, 0.6) is 11.5 Å². The molecule has 0 spiro atoms. The zero-order valence-electron chi connectivity index (χ0n) is 12.2. The van der Waals surface area contributed by atoms with Crippen molar-refractivity contribution in [2.75, 3.05) is 20.0 Å². The van der Waals surface area contributed by atoms with Crippen molar-refractivity contribution in [1.29, 1.82) is 0 Å². The van der Waals surface area contributed by atoms with E-state index in [-0.39, 0.29) is 0 Å². The highest BCUT2D eigenvalue weighted by Crippen LogP contribution is 2.31. The normalized spacial score (nSPS) is 10.6. The van der Waals surface area contributed by atoms with Gasteiger partial charge in [0.25, 0.3) is 0 Å². The molecule has 0 aliphatic carbocycles. The molecular formula is C15H21N3O2. The molecule has 0 bridgehead atoms. The predicted octanol–water partition coefficient (Wildman–Crippen LogP) is 2.95. The van der Waals surface area contributed by atoms with E-state index in [1.54, 1.807) is 20.5 Å². The van der Waals surface area contributed by atoms with E-state index in [1.165, 1.54) is 0 Å². The second-order valence-corrected chi connectivity index (χ2v) is 4.63. The van der Waals surface area contributed by atoms with E-state index >= 15 is 0 Å². The standard InChI is InChI=1S/C15H21N3O2/c1-4-5-6-18-10-17-14(15(18)16)11-7-12(19-2)9-13(8-11)20-3/h7-10H,4-6,16H2,1-3H3. The summed E-state index contributed by atoms with van der Waals surface area (Å²) in [4.78, 5) is 4.42. The molecule has 0 radical (unpaired) electrons. The Labute approximate surface area is 119 Å². The van der Waals surface area contributed by atoms with E-state index in [0.29, 0.717) is 5.82 Å². The van der Waals surface area contributed by atoms with Crippen LogP contribution in [0, 0.1) is 0 Å². The first kappa shape index (κ1) is 14.2. The third-order valence-corrected chi connectivity index (χ3v) is 3.26. The Kier molecular flexibility index (Phi) is 4.50. The van der Waals surface area contributed by atoms with Crippen molar-refractivity contribution < 1.29 is 9.47 Å². The highest BCUT2D eigenvalue weighted by molar-refractivity contribution is 5.72. The van der Waals surface area contributed by atoms with Gasteiger partial charge in [-0.2, -0.15) is 0 Å². The topological polar surface area (TPSA) is 62.3 Å². The number of rotatable bonds is 6. The van der Waals surface area contributed by atoms with Gasteiger partial charge in [-0.3, -0.25) is 0 Å². The van der Waals surface area contributed by atoms with Crippen LogP contribution in [-0.2, 0) is 6.54 Å². The van der Waals surface area contributed by atoms with Gasteiger partial charge in [-0.1, -0.05) is 13.3 Å². The zero-order chi connectivity index (χ0) is 14.5. The average molecular weight is 275 g/mol. The Morgan fingerprint density at radius 2 is 1.80 bits per heavy atom. The Morgan fingerprint density at radius 3 is 2.35 bits per heavy atom. The van der Waals surface area contributed by atoms with Crippen LogP contribution in [-0.4, -0.2) is 23.8 Å². The summed E-state index contributed by atoms with van der Waals surface area (Å²) in [5.74, 6) is 2.12. The molecule has 1 aromatic carbocycles. The lowest BCUT2D eigenvalue weighted by molar-refractivity contribution is 0.394. The van der Waals surface area contributed by atoms with E-state index in [9.17, 15) is 0 Å². The number of hydrogen-bond acceptors (Lipinski definition) is 4. The molecule has 2 aromatic rings. The number of benzene rings is 1. The maximum Gasteiger partial charge on any atom is 0.131 e. The molecule has 5 heteroatoms. The quantitative estimate of drug-likeness (QED) is 0.880. The Hall–Kier alpha value is -2.17. The van der Waals surface area contributed by atoms with Gasteiger partial charge in [0.2, 0.25) is 0 Å². The summed E-state index contributed by atoms with van der Waals surface area (Å²) in [5.41, 5.74) is 7.84. The van der Waals surface area contributed by atoms with Crippen molar-refractivity contribution in [2.24, 2.45) is 0 Å². The highest BCUT2D eigenvalue weighted by Gasteiger charge is 2.12. The summed E-state index contributed by atoms with van der Waals surface area (Å²) in [5, 5.41) is 0. The molecular weight excluding hydrogens is 254 g/mol. The lowest BCUT2D eigenvalue weighted by Gasteiger charge is -2.08. The van der Waals surface area contributed by atoms with Gasteiger partial charge in [-0.15, -0.1) is 0 Å². The minimum Gasteiger partial charge on any atom is -0.497 e. The number of unbranched alkanes of at least 4 members (excludes halogenated alkanes) is 1. The number of aryl methyl sites for hydroxylation is 1. The summed E-state index contributed by atoms with van der Waals surface area (Å²) in [7, 11) is 3.25. The Morgan fingerprint density at radius 1 is 1.15 bits per heavy atom. The minimum absolute atomic E-state index is 0.675. The second-order valence-electron chi connectivity index (χ2n) is 4.63. The molecule has 0 unspecified atom stereocenters. The van der Waals surface area contributed by atoms with Crippen LogP contribution in [0.25, 0.3) is 11.3 Å². The second kappa shape index (κ2) is 6.32. The fraction of sp³-hybridized carbons (Fsp3) is 0.400. The number of ether oxygens (including phenoxy) is 2. The first-order valence-electron chi connectivity index (χ1n) is 6.73. The van der Waals surface area contributed by atoms with Crippen molar-refractivity contribution in [2.45, 2.75) is 26.3 Å². The predicted molar refractivity (Wildman–Crippen MR) is 80.1 cm³/mol. The summed E-state index contributed by atoms with van der Waals surface area (Å²) in [6, 6.07) is 5.64. The van der Waals surface area contributed by atoms with Gasteiger partial charge in [-0.05, 0) is 18.6 Å². The molecule has 0 saturated carbocycles. The number of nitrogens with two attached hydrogens (primary N) is 1. The van der Waals surface area contributed by atoms with Crippen molar-refractivity contribution in [3.05, 3.63) is 24.5 Å². The van der Waals surface area contributed by atoms with Crippen molar-refractivity contribution in [3.63, 3.8) is 0 Å². The SMILES string of the molecule is CCCCn1cnc(-c2cc(OC)cc(OC)c2)c1N. The molecule has 0 amide bonds. The van der Waals surface area contributed by atoms with Crippen LogP contribution >= 0.6 is 0 Å². The molecule has 2 rings (SSSR count). The van der Waals surface area contributed by atoms with Gasteiger partial charge < -0.3 is 19.8 Å². The van der Waals surface area contributed by atoms with Crippen molar-refractivity contribution in [3.8, 4) is 22.8 Å². The molecule has 0 aliphatic heterocycles. The van der Waals surface area contributed by atoms with E-state index in [4.69, 9.17) is 15.2 Å². The van der Waals surface area contributed by atoms with Crippen LogP contribution in [0.4, 0.5) is 5.82 Å². The molecule has 0 fully saturated rings. The molecule has 0 atom stereocenters. The van der Waals surface area contributed by atoms with Crippen LogP contribution in [0.1, 0.15) is 19.8 Å². The Balaban J connectivity index is 2.38. The van der Waals surface area contributed by atoms with Crippen LogP contribution < -0.4 is 15.2 Å². The summed E-state index contributed by atoms with van der Waals surface area (Å²) in [6.45, 7) is 3.04. The smallest absolute Gasteiger partial charge is 0.131 e. The molecule has 0 saturated heterocycles. The van der Waals surface area contributed by atoms with E-state index in [1.807, 2.05) is 22.8 Å². The van der Waals surface area contributed by atoms with Crippen LogP contribution in [0.3, 0.4) is 0 Å². The van der Waals surface area contributed by atoms with Crippen LogP contribution in [0.2, 0.25) is 0 Å². The van der Waals surface area contributed by atoms with Gasteiger partial charge in [0.1, 0.15) is 23.0 Å². The first-order valence-corrected chi connectivity index (χ1v) is 6.73. The van der Waals surface area contributed by atoms with Crippen molar-refractivity contribution >= 4 is 5.82 Å². The number of nitrogens with zero attached hydrogens (tertiary/aromatic N) is 2. The molecule has 20 heavy (non-hydrogen) atoms. The highest BCUT2D eigenvalue weighted by atomic mass is 16.5. The lowest BCUT2D eigenvalue weighted by Crippen LogP contribution is -2.02.